The van der Waals surface area contributed by atoms with Gasteiger partial charge in [-0.25, -0.2) is 0 Å². The summed E-state index contributed by atoms with van der Waals surface area (Å²) in [6.07, 6.45) is 4.47. The molecule has 0 aromatic heterocycles. The maximum atomic E-state index is 12.6. The second-order valence-corrected chi connectivity index (χ2v) is 7.96. The molecule has 0 bridgehead atoms. The van der Waals surface area contributed by atoms with Crippen molar-refractivity contribution < 1.29 is 9.53 Å². The number of aryl methyl sites for hydroxylation is 1. The zero-order chi connectivity index (χ0) is 20.5. The summed E-state index contributed by atoms with van der Waals surface area (Å²) in [7, 11) is 0. The van der Waals surface area contributed by atoms with Crippen LogP contribution >= 0.6 is 0 Å². The molecule has 0 spiro atoms. The number of ether oxygens (including phenoxy) is 1. The molecule has 158 valence electrons. The van der Waals surface area contributed by atoms with Crippen LogP contribution in [0.5, 0.6) is 0 Å². The molecule has 1 fully saturated rings. The Balaban J connectivity index is 1.63. The molecule has 0 radical (unpaired) electrons. The lowest BCUT2D eigenvalue weighted by Gasteiger charge is -2.32. The minimum absolute atomic E-state index is 0.0696. The number of carbonyl (C=O) groups excluding carboxylic acids is 1. The molecule has 2 aliphatic rings. The van der Waals surface area contributed by atoms with Crippen LogP contribution in [-0.4, -0.2) is 68.2 Å². The standard InChI is InChI=1S/C24H35N3O2/c1-3-7-24(28)27(14-6-12-25-15-17-29-18-16-25)20-21-9-10-23-22(19-21)8-5-13-26(23)11-4-2/h9-10,19H,4-6,8,11-18,20H2,1-2H3. The predicted molar refractivity (Wildman–Crippen MR) is 118 cm³/mol. The van der Waals surface area contributed by atoms with E-state index in [9.17, 15) is 4.79 Å². The summed E-state index contributed by atoms with van der Waals surface area (Å²) in [6, 6.07) is 6.74. The highest BCUT2D eigenvalue weighted by Gasteiger charge is 2.18. The van der Waals surface area contributed by atoms with E-state index in [4.69, 9.17) is 4.74 Å². The second-order valence-electron chi connectivity index (χ2n) is 7.96. The molecule has 2 heterocycles. The molecule has 1 saturated heterocycles. The highest BCUT2D eigenvalue weighted by Crippen LogP contribution is 2.28. The molecular formula is C24H35N3O2. The van der Waals surface area contributed by atoms with Crippen LogP contribution < -0.4 is 4.90 Å². The lowest BCUT2D eigenvalue weighted by molar-refractivity contribution is -0.125. The average Bonchev–Trinajstić information content (AvgIpc) is 2.74. The first-order valence-electron chi connectivity index (χ1n) is 11.1. The normalized spacial score (nSPS) is 16.7. The lowest BCUT2D eigenvalue weighted by atomic mass is 9.98. The largest absolute Gasteiger partial charge is 0.379 e. The fourth-order valence-corrected chi connectivity index (χ4v) is 4.30. The maximum Gasteiger partial charge on any atom is 0.298 e. The molecule has 0 unspecified atom stereocenters. The first-order valence-corrected chi connectivity index (χ1v) is 11.1. The fraction of sp³-hybridized carbons (Fsp3) is 0.625. The summed E-state index contributed by atoms with van der Waals surface area (Å²) < 4.78 is 5.42. The molecule has 0 N–H and O–H groups in total. The van der Waals surface area contributed by atoms with Crippen LogP contribution in [0.25, 0.3) is 0 Å². The Morgan fingerprint density at radius 2 is 2.03 bits per heavy atom. The van der Waals surface area contributed by atoms with Gasteiger partial charge in [0.15, 0.2) is 0 Å². The van der Waals surface area contributed by atoms with Crippen molar-refractivity contribution in [1.29, 1.82) is 0 Å². The van der Waals surface area contributed by atoms with Crippen molar-refractivity contribution in [1.82, 2.24) is 9.80 Å². The number of carbonyl (C=O) groups is 1. The van der Waals surface area contributed by atoms with Crippen LogP contribution in [-0.2, 0) is 22.5 Å². The van der Waals surface area contributed by atoms with E-state index in [2.05, 4.69) is 46.8 Å². The maximum absolute atomic E-state index is 12.6. The van der Waals surface area contributed by atoms with Gasteiger partial charge in [0, 0.05) is 51.5 Å². The Hall–Kier alpha value is -2.03. The summed E-state index contributed by atoms with van der Waals surface area (Å²) in [5.41, 5.74) is 4.00. The minimum Gasteiger partial charge on any atom is -0.379 e. The Bertz CT molecular complexity index is 731. The van der Waals surface area contributed by atoms with Crippen molar-refractivity contribution in [3.63, 3.8) is 0 Å². The Morgan fingerprint density at radius 1 is 1.21 bits per heavy atom. The second kappa shape index (κ2) is 11.2. The molecule has 0 atom stereocenters. The minimum atomic E-state index is -0.0696. The molecule has 1 amide bonds. The van der Waals surface area contributed by atoms with Gasteiger partial charge in [-0.2, -0.15) is 0 Å². The zero-order valence-corrected chi connectivity index (χ0v) is 18.1. The number of rotatable bonds is 8. The summed E-state index contributed by atoms with van der Waals surface area (Å²) in [6.45, 7) is 12.2. The van der Waals surface area contributed by atoms with Gasteiger partial charge in [0.1, 0.15) is 0 Å². The highest BCUT2D eigenvalue weighted by molar-refractivity contribution is 5.93. The smallest absolute Gasteiger partial charge is 0.298 e. The Labute approximate surface area is 176 Å². The van der Waals surface area contributed by atoms with Crippen molar-refractivity contribution in [3.05, 3.63) is 29.3 Å². The van der Waals surface area contributed by atoms with E-state index in [-0.39, 0.29) is 5.91 Å². The summed E-state index contributed by atoms with van der Waals surface area (Å²) in [5.74, 6) is 5.43. The van der Waals surface area contributed by atoms with Crippen molar-refractivity contribution in [2.24, 2.45) is 0 Å². The van der Waals surface area contributed by atoms with Gasteiger partial charge < -0.3 is 14.5 Å². The van der Waals surface area contributed by atoms with Crippen LogP contribution in [0.15, 0.2) is 18.2 Å². The Morgan fingerprint density at radius 3 is 2.79 bits per heavy atom. The predicted octanol–water partition coefficient (Wildman–Crippen LogP) is 2.92. The number of amides is 1. The number of hydrogen-bond donors (Lipinski definition) is 0. The van der Waals surface area contributed by atoms with Crippen molar-refractivity contribution in [3.8, 4) is 11.8 Å². The van der Waals surface area contributed by atoms with Crippen LogP contribution in [0.3, 0.4) is 0 Å². The van der Waals surface area contributed by atoms with Gasteiger partial charge in [-0.05, 0) is 55.7 Å². The molecule has 1 aromatic rings. The van der Waals surface area contributed by atoms with Crippen molar-refractivity contribution in [2.75, 3.05) is 57.4 Å². The number of benzene rings is 1. The van der Waals surface area contributed by atoms with E-state index < -0.39 is 0 Å². The average molecular weight is 398 g/mol. The molecular weight excluding hydrogens is 362 g/mol. The quantitative estimate of drug-likeness (QED) is 0.632. The molecule has 5 heteroatoms. The van der Waals surface area contributed by atoms with E-state index >= 15 is 0 Å². The number of anilines is 1. The monoisotopic (exact) mass is 397 g/mol. The molecule has 0 saturated carbocycles. The number of hydrogen-bond acceptors (Lipinski definition) is 4. The van der Waals surface area contributed by atoms with Gasteiger partial charge in [0.25, 0.3) is 5.91 Å². The SMILES string of the molecule is CC#CC(=O)N(CCCN1CCOCC1)Cc1ccc2c(c1)CCCN2CCC. The zero-order valence-electron chi connectivity index (χ0n) is 18.1. The van der Waals surface area contributed by atoms with Gasteiger partial charge in [-0.3, -0.25) is 9.69 Å². The molecule has 0 aliphatic carbocycles. The summed E-state index contributed by atoms with van der Waals surface area (Å²) >= 11 is 0. The van der Waals surface area contributed by atoms with Crippen LogP contribution in [0.4, 0.5) is 5.69 Å². The third kappa shape index (κ3) is 6.22. The third-order valence-corrected chi connectivity index (χ3v) is 5.75. The van der Waals surface area contributed by atoms with Gasteiger partial charge in [-0.1, -0.05) is 25.0 Å². The van der Waals surface area contributed by atoms with E-state index in [1.807, 2.05) is 4.90 Å². The van der Waals surface area contributed by atoms with E-state index in [1.54, 1.807) is 6.92 Å². The van der Waals surface area contributed by atoms with E-state index in [0.29, 0.717) is 6.54 Å². The van der Waals surface area contributed by atoms with E-state index in [0.717, 1.165) is 65.3 Å². The number of morpholine rings is 1. The first-order chi connectivity index (χ1) is 14.2. The highest BCUT2D eigenvalue weighted by atomic mass is 16.5. The molecule has 3 rings (SSSR count). The van der Waals surface area contributed by atoms with Gasteiger partial charge in [0.05, 0.1) is 13.2 Å². The van der Waals surface area contributed by atoms with Crippen LogP contribution in [0.2, 0.25) is 0 Å². The van der Waals surface area contributed by atoms with Crippen molar-refractivity contribution in [2.45, 2.75) is 46.1 Å². The molecule has 5 nitrogen and oxygen atoms in total. The molecule has 29 heavy (non-hydrogen) atoms. The fourth-order valence-electron chi connectivity index (χ4n) is 4.30. The van der Waals surface area contributed by atoms with Gasteiger partial charge in [0.2, 0.25) is 0 Å². The lowest BCUT2D eigenvalue weighted by Crippen LogP contribution is -2.38. The molecule has 1 aromatic carbocycles. The molecule has 2 aliphatic heterocycles. The van der Waals surface area contributed by atoms with Crippen LogP contribution in [0.1, 0.15) is 44.2 Å². The number of fused-ring (bicyclic) bond motifs is 1. The summed E-state index contributed by atoms with van der Waals surface area (Å²) in [4.78, 5) is 19.4. The van der Waals surface area contributed by atoms with Crippen LogP contribution in [0, 0.1) is 11.8 Å². The van der Waals surface area contributed by atoms with Gasteiger partial charge >= 0.3 is 0 Å². The van der Waals surface area contributed by atoms with Gasteiger partial charge in [-0.15, -0.1) is 0 Å². The van der Waals surface area contributed by atoms with Crippen molar-refractivity contribution >= 4 is 11.6 Å². The topological polar surface area (TPSA) is 36.0 Å². The number of nitrogens with zero attached hydrogens (tertiary/aromatic N) is 3. The van der Waals surface area contributed by atoms with E-state index in [1.165, 1.54) is 29.7 Å². The summed E-state index contributed by atoms with van der Waals surface area (Å²) in [5, 5.41) is 0. The Kier molecular flexibility index (Phi) is 8.39. The third-order valence-electron chi connectivity index (χ3n) is 5.75. The first kappa shape index (κ1) is 21.7.